The van der Waals surface area contributed by atoms with Crippen molar-refractivity contribution in [2.24, 2.45) is 17.8 Å². The van der Waals surface area contributed by atoms with Crippen molar-refractivity contribution in [2.75, 3.05) is 18.0 Å². The number of hydrogen-bond donors (Lipinski definition) is 1. The van der Waals surface area contributed by atoms with E-state index in [0.29, 0.717) is 19.0 Å². The molecule has 1 N–H and O–H groups in total. The molecule has 2 heterocycles. The number of alkyl halides is 3. The molecule has 1 saturated heterocycles. The fourth-order valence-corrected chi connectivity index (χ4v) is 3.78. The van der Waals surface area contributed by atoms with E-state index in [9.17, 15) is 18.0 Å². The third kappa shape index (κ3) is 3.43. The van der Waals surface area contributed by atoms with Crippen molar-refractivity contribution in [1.29, 1.82) is 0 Å². The van der Waals surface area contributed by atoms with Crippen molar-refractivity contribution in [1.82, 2.24) is 15.3 Å². The Labute approximate surface area is 144 Å². The van der Waals surface area contributed by atoms with Gasteiger partial charge in [0.15, 0.2) is 0 Å². The first kappa shape index (κ1) is 16.6. The number of aromatic nitrogens is 2. The van der Waals surface area contributed by atoms with Crippen LogP contribution in [-0.2, 0) is 11.0 Å². The Balaban J connectivity index is 1.49. The molecule has 8 heteroatoms. The molecule has 2 atom stereocenters. The van der Waals surface area contributed by atoms with Crippen molar-refractivity contribution in [2.45, 2.75) is 44.3 Å². The molecule has 3 aliphatic rings. The quantitative estimate of drug-likeness (QED) is 0.903. The Kier molecular flexibility index (Phi) is 4.08. The highest BCUT2D eigenvalue weighted by molar-refractivity contribution is 5.79. The van der Waals surface area contributed by atoms with Crippen LogP contribution in [0.3, 0.4) is 0 Å². The van der Waals surface area contributed by atoms with Gasteiger partial charge in [-0.25, -0.2) is 9.97 Å². The van der Waals surface area contributed by atoms with E-state index in [2.05, 4.69) is 15.3 Å². The average molecular weight is 354 g/mol. The molecule has 0 bridgehead atoms. The minimum absolute atomic E-state index is 0.0289. The molecule has 5 nitrogen and oxygen atoms in total. The zero-order valence-electron chi connectivity index (χ0n) is 13.8. The highest BCUT2D eigenvalue weighted by atomic mass is 19.4. The van der Waals surface area contributed by atoms with Gasteiger partial charge in [-0.15, -0.1) is 0 Å². The topological polar surface area (TPSA) is 58.1 Å². The Hall–Kier alpha value is -1.86. The number of halogens is 3. The van der Waals surface area contributed by atoms with Crippen LogP contribution in [0.15, 0.2) is 12.3 Å². The van der Waals surface area contributed by atoms with Crippen LogP contribution < -0.4 is 10.2 Å². The van der Waals surface area contributed by atoms with Crippen LogP contribution in [0.2, 0.25) is 0 Å². The Bertz CT molecular complexity index is 658. The van der Waals surface area contributed by atoms with E-state index in [1.54, 1.807) is 4.90 Å². The first-order valence-electron chi connectivity index (χ1n) is 8.87. The van der Waals surface area contributed by atoms with Gasteiger partial charge in [0, 0.05) is 31.1 Å². The molecule has 0 spiro atoms. The molecular weight excluding hydrogens is 333 g/mol. The summed E-state index contributed by atoms with van der Waals surface area (Å²) in [4.78, 5) is 21.8. The van der Waals surface area contributed by atoms with E-state index in [0.717, 1.165) is 44.4 Å². The molecule has 4 rings (SSSR count). The maximum atomic E-state index is 12.9. The van der Waals surface area contributed by atoms with E-state index >= 15 is 0 Å². The summed E-state index contributed by atoms with van der Waals surface area (Å²) in [7, 11) is 0. The van der Waals surface area contributed by atoms with E-state index in [1.807, 2.05) is 0 Å². The third-order valence-electron chi connectivity index (χ3n) is 5.61. The van der Waals surface area contributed by atoms with Crippen molar-refractivity contribution in [3.8, 4) is 0 Å². The SMILES string of the molecule is O=C(N[C@H]1CN(c2nccc(C(F)(F)F)n2)C[C@@H]1C1CC1)C1CCC1. The fraction of sp³-hybridized carbons (Fsp3) is 0.706. The molecule has 3 fully saturated rings. The summed E-state index contributed by atoms with van der Waals surface area (Å²) in [6.45, 7) is 1.07. The summed E-state index contributed by atoms with van der Waals surface area (Å²) in [6, 6.07) is 0.854. The molecule has 0 unspecified atom stereocenters. The summed E-state index contributed by atoms with van der Waals surface area (Å²) >= 11 is 0. The predicted molar refractivity (Wildman–Crippen MR) is 84.7 cm³/mol. The minimum atomic E-state index is -4.48. The first-order valence-corrected chi connectivity index (χ1v) is 8.87. The molecule has 1 aliphatic heterocycles. The molecule has 2 aliphatic carbocycles. The Morgan fingerprint density at radius 3 is 2.56 bits per heavy atom. The van der Waals surface area contributed by atoms with Gasteiger partial charge in [0.05, 0.1) is 6.04 Å². The van der Waals surface area contributed by atoms with Crippen LogP contribution in [-0.4, -0.2) is 35.0 Å². The highest BCUT2D eigenvalue weighted by Gasteiger charge is 2.45. The van der Waals surface area contributed by atoms with Gasteiger partial charge in [-0.2, -0.15) is 13.2 Å². The van der Waals surface area contributed by atoms with Crippen LogP contribution in [0.4, 0.5) is 19.1 Å². The number of amides is 1. The van der Waals surface area contributed by atoms with Crippen LogP contribution in [0.25, 0.3) is 0 Å². The van der Waals surface area contributed by atoms with Gasteiger partial charge in [-0.05, 0) is 37.7 Å². The Morgan fingerprint density at radius 2 is 1.96 bits per heavy atom. The third-order valence-corrected chi connectivity index (χ3v) is 5.61. The number of nitrogens with one attached hydrogen (secondary N) is 1. The van der Waals surface area contributed by atoms with E-state index in [4.69, 9.17) is 0 Å². The van der Waals surface area contributed by atoms with Gasteiger partial charge in [0.25, 0.3) is 0 Å². The molecule has 0 radical (unpaired) electrons. The van der Waals surface area contributed by atoms with E-state index < -0.39 is 11.9 Å². The summed E-state index contributed by atoms with van der Waals surface area (Å²) < 4.78 is 38.7. The number of carbonyl (C=O) groups is 1. The monoisotopic (exact) mass is 354 g/mol. The van der Waals surface area contributed by atoms with Crippen molar-refractivity contribution in [3.63, 3.8) is 0 Å². The number of nitrogens with zero attached hydrogens (tertiary/aromatic N) is 3. The molecule has 25 heavy (non-hydrogen) atoms. The lowest BCUT2D eigenvalue weighted by atomic mass is 9.84. The highest BCUT2D eigenvalue weighted by Crippen LogP contribution is 2.42. The van der Waals surface area contributed by atoms with Crippen molar-refractivity contribution < 1.29 is 18.0 Å². The molecule has 1 aromatic heterocycles. The molecule has 0 aromatic carbocycles. The van der Waals surface area contributed by atoms with Gasteiger partial charge in [-0.3, -0.25) is 4.79 Å². The fourth-order valence-electron chi connectivity index (χ4n) is 3.78. The first-order chi connectivity index (χ1) is 11.9. The maximum absolute atomic E-state index is 12.9. The maximum Gasteiger partial charge on any atom is 0.433 e. The number of rotatable bonds is 4. The van der Waals surface area contributed by atoms with Crippen LogP contribution >= 0.6 is 0 Å². The number of hydrogen-bond acceptors (Lipinski definition) is 4. The number of carbonyl (C=O) groups excluding carboxylic acids is 1. The normalized spacial score (nSPS) is 27.2. The lowest BCUT2D eigenvalue weighted by molar-refractivity contribution is -0.141. The second-order valence-corrected chi connectivity index (χ2v) is 7.39. The van der Waals surface area contributed by atoms with Gasteiger partial charge in [0.1, 0.15) is 5.69 Å². The molecule has 1 amide bonds. The van der Waals surface area contributed by atoms with Gasteiger partial charge in [-0.1, -0.05) is 6.42 Å². The summed E-state index contributed by atoms with van der Waals surface area (Å²) in [5.41, 5.74) is -0.928. The van der Waals surface area contributed by atoms with E-state index in [1.165, 1.54) is 0 Å². The molecule has 1 aromatic rings. The summed E-state index contributed by atoms with van der Waals surface area (Å²) in [6.07, 6.45) is 1.89. The Morgan fingerprint density at radius 1 is 1.20 bits per heavy atom. The predicted octanol–water partition coefficient (Wildman–Crippen LogP) is 2.63. The van der Waals surface area contributed by atoms with Gasteiger partial charge < -0.3 is 10.2 Å². The van der Waals surface area contributed by atoms with Crippen LogP contribution in [0.1, 0.15) is 37.8 Å². The lowest BCUT2D eigenvalue weighted by Gasteiger charge is -2.27. The standard InChI is InChI=1S/C17H21F3N4O/c18-17(19,20)14-6-7-21-16(23-14)24-8-12(10-4-5-10)13(9-24)22-15(25)11-2-1-3-11/h6-7,10-13H,1-5,8-9H2,(H,22,25)/t12-,13+/m1/s1. The largest absolute Gasteiger partial charge is 0.433 e. The second-order valence-electron chi connectivity index (χ2n) is 7.39. The van der Waals surface area contributed by atoms with Crippen LogP contribution in [0.5, 0.6) is 0 Å². The molecule has 136 valence electrons. The molecular formula is C17H21F3N4O. The number of anilines is 1. The van der Waals surface area contributed by atoms with Gasteiger partial charge >= 0.3 is 6.18 Å². The smallest absolute Gasteiger partial charge is 0.351 e. The van der Waals surface area contributed by atoms with Crippen molar-refractivity contribution >= 4 is 11.9 Å². The zero-order chi connectivity index (χ0) is 17.6. The van der Waals surface area contributed by atoms with Crippen molar-refractivity contribution in [3.05, 3.63) is 18.0 Å². The van der Waals surface area contributed by atoms with Gasteiger partial charge in [0.2, 0.25) is 11.9 Å². The molecule has 2 saturated carbocycles. The van der Waals surface area contributed by atoms with E-state index in [-0.39, 0.29) is 29.7 Å². The second kappa shape index (κ2) is 6.14. The van der Waals surface area contributed by atoms with Crippen LogP contribution in [0, 0.1) is 17.8 Å². The summed E-state index contributed by atoms with van der Waals surface area (Å²) in [5.74, 6) is 1.11. The average Bonchev–Trinajstić information content (AvgIpc) is 3.26. The summed E-state index contributed by atoms with van der Waals surface area (Å²) in [5, 5.41) is 3.14. The lowest BCUT2D eigenvalue weighted by Crippen LogP contribution is -2.45. The zero-order valence-corrected chi connectivity index (χ0v) is 13.8. The minimum Gasteiger partial charge on any atom is -0.351 e.